The molecule has 0 aromatic rings. The van der Waals surface area contributed by atoms with Gasteiger partial charge in [0.05, 0.1) is 25.4 Å². The van der Waals surface area contributed by atoms with Gasteiger partial charge in [-0.1, -0.05) is 269 Å². The number of unbranched alkanes of at least 4 members (excludes halogenated alkanes) is 38. The SMILES string of the molecule is CCCCCCC/C=C/CC/C=C/C(O)C(COC1OC(CO)C(O)C(O)C1O)NC(=O)CCCCCCCCCCCCCCCCCCCCCCCCCCCCCCCCCCC. The van der Waals surface area contributed by atoms with Crippen molar-refractivity contribution < 1.29 is 39.8 Å². The van der Waals surface area contributed by atoms with Crippen LogP contribution < -0.4 is 5.32 Å². The number of nitrogens with one attached hydrogen (secondary N) is 1. The Labute approximate surface area is 413 Å². The lowest BCUT2D eigenvalue weighted by Crippen LogP contribution is -2.60. The van der Waals surface area contributed by atoms with Crippen molar-refractivity contribution in [3.05, 3.63) is 24.3 Å². The first-order valence-corrected chi connectivity index (χ1v) is 29.1. The molecule has 0 spiro atoms. The number of amides is 1. The van der Waals surface area contributed by atoms with Crippen LogP contribution in [0.5, 0.6) is 0 Å². The number of rotatable bonds is 50. The van der Waals surface area contributed by atoms with Crippen LogP contribution in [0.4, 0.5) is 0 Å². The summed E-state index contributed by atoms with van der Waals surface area (Å²) in [4.78, 5) is 13.0. The van der Waals surface area contributed by atoms with E-state index in [1.54, 1.807) is 6.08 Å². The van der Waals surface area contributed by atoms with Gasteiger partial charge in [-0.3, -0.25) is 4.79 Å². The van der Waals surface area contributed by atoms with Gasteiger partial charge in [-0.05, 0) is 32.1 Å². The van der Waals surface area contributed by atoms with Crippen molar-refractivity contribution in [2.24, 2.45) is 0 Å². The molecule has 0 aromatic carbocycles. The Morgan fingerprint density at radius 2 is 0.851 bits per heavy atom. The molecule has 1 rings (SSSR count). The highest BCUT2D eigenvalue weighted by Crippen LogP contribution is 2.23. The monoisotopic (exact) mass is 950 g/mol. The topological polar surface area (TPSA) is 149 Å². The highest BCUT2D eigenvalue weighted by molar-refractivity contribution is 5.76. The molecule has 6 N–H and O–H groups in total. The van der Waals surface area contributed by atoms with Gasteiger partial charge in [-0.2, -0.15) is 0 Å². The molecular formula is C58H111NO8. The summed E-state index contributed by atoms with van der Waals surface area (Å²) in [6.45, 7) is 3.76. The summed E-state index contributed by atoms with van der Waals surface area (Å²) in [5, 5.41) is 54.2. The molecule has 7 unspecified atom stereocenters. The fraction of sp³-hybridized carbons (Fsp3) is 0.914. The second-order valence-corrected chi connectivity index (χ2v) is 20.4. The van der Waals surface area contributed by atoms with Crippen LogP contribution in [-0.2, 0) is 14.3 Å². The van der Waals surface area contributed by atoms with Gasteiger partial charge in [-0.25, -0.2) is 0 Å². The minimum Gasteiger partial charge on any atom is -0.394 e. The number of ether oxygens (including phenoxy) is 2. The maximum atomic E-state index is 13.0. The van der Waals surface area contributed by atoms with Gasteiger partial charge in [0.1, 0.15) is 24.4 Å². The molecule has 1 amide bonds. The Hall–Kier alpha value is -1.33. The molecule has 1 aliphatic heterocycles. The quantitative estimate of drug-likeness (QED) is 0.0261. The Bertz CT molecular complexity index is 1100. The van der Waals surface area contributed by atoms with E-state index in [0.29, 0.717) is 6.42 Å². The average Bonchev–Trinajstić information content (AvgIpc) is 3.33. The van der Waals surface area contributed by atoms with E-state index in [2.05, 4.69) is 31.3 Å². The zero-order chi connectivity index (χ0) is 48.7. The van der Waals surface area contributed by atoms with E-state index >= 15 is 0 Å². The largest absolute Gasteiger partial charge is 0.394 e. The summed E-state index contributed by atoms with van der Waals surface area (Å²) in [7, 11) is 0. The number of carbonyl (C=O) groups is 1. The molecule has 1 aliphatic rings. The van der Waals surface area contributed by atoms with Crippen molar-refractivity contribution in [2.45, 2.75) is 326 Å². The summed E-state index contributed by atoms with van der Waals surface area (Å²) in [6.07, 6.45) is 54.3. The minimum atomic E-state index is -1.57. The van der Waals surface area contributed by atoms with Crippen LogP contribution >= 0.6 is 0 Å². The van der Waals surface area contributed by atoms with Crippen LogP contribution in [0.3, 0.4) is 0 Å². The molecule has 67 heavy (non-hydrogen) atoms. The van der Waals surface area contributed by atoms with Crippen molar-refractivity contribution >= 4 is 5.91 Å². The molecule has 396 valence electrons. The van der Waals surface area contributed by atoms with Gasteiger partial charge in [0.25, 0.3) is 0 Å². The standard InChI is InChI=1S/C58H111NO8/c1-3-5-7-9-11-13-15-16-17-18-19-20-21-22-23-24-25-26-27-28-29-30-31-32-33-34-35-36-38-40-42-44-46-48-54(62)59-51(50-66-58-57(65)56(64)55(63)53(49-60)67-58)52(61)47-45-43-41-39-37-14-12-10-8-6-4-2/h37,39,45,47,51-53,55-58,60-61,63-65H,3-36,38,40-44,46,48-50H2,1-2H3,(H,59,62)/b39-37+,47-45+. The molecule has 0 aromatic heterocycles. The third kappa shape index (κ3) is 38.1. The summed E-state index contributed by atoms with van der Waals surface area (Å²) >= 11 is 0. The van der Waals surface area contributed by atoms with Crippen molar-refractivity contribution in [1.29, 1.82) is 0 Å². The third-order valence-electron chi connectivity index (χ3n) is 14.0. The lowest BCUT2D eigenvalue weighted by molar-refractivity contribution is -0.302. The van der Waals surface area contributed by atoms with E-state index in [1.165, 1.54) is 225 Å². The van der Waals surface area contributed by atoms with Gasteiger partial charge in [-0.15, -0.1) is 0 Å². The average molecular weight is 951 g/mol. The van der Waals surface area contributed by atoms with Crippen LogP contribution in [0, 0.1) is 0 Å². The van der Waals surface area contributed by atoms with Crippen LogP contribution in [0.2, 0.25) is 0 Å². The highest BCUT2D eigenvalue weighted by atomic mass is 16.7. The first-order chi connectivity index (χ1) is 32.8. The van der Waals surface area contributed by atoms with Gasteiger partial charge in [0.2, 0.25) is 5.91 Å². The maximum absolute atomic E-state index is 13.0. The molecular weight excluding hydrogens is 839 g/mol. The van der Waals surface area contributed by atoms with E-state index in [4.69, 9.17) is 9.47 Å². The summed E-state index contributed by atoms with van der Waals surface area (Å²) in [6, 6.07) is -0.817. The zero-order valence-corrected chi connectivity index (χ0v) is 43.9. The molecule has 0 saturated carbocycles. The molecule has 0 bridgehead atoms. The summed E-state index contributed by atoms with van der Waals surface area (Å²) in [5.41, 5.74) is 0. The Morgan fingerprint density at radius 1 is 0.493 bits per heavy atom. The second-order valence-electron chi connectivity index (χ2n) is 20.4. The summed E-state index contributed by atoms with van der Waals surface area (Å²) < 4.78 is 11.2. The lowest BCUT2D eigenvalue weighted by atomic mass is 9.99. The third-order valence-corrected chi connectivity index (χ3v) is 14.0. The van der Waals surface area contributed by atoms with Gasteiger partial charge in [0.15, 0.2) is 6.29 Å². The molecule has 1 fully saturated rings. The van der Waals surface area contributed by atoms with Crippen molar-refractivity contribution in [3.8, 4) is 0 Å². The highest BCUT2D eigenvalue weighted by Gasteiger charge is 2.44. The maximum Gasteiger partial charge on any atom is 0.220 e. The van der Waals surface area contributed by atoms with E-state index in [1.807, 2.05) is 6.08 Å². The van der Waals surface area contributed by atoms with Gasteiger partial charge < -0.3 is 40.3 Å². The normalized spacial score (nSPS) is 19.8. The number of hydrogen-bond donors (Lipinski definition) is 6. The molecule has 0 aliphatic carbocycles. The van der Waals surface area contributed by atoms with Crippen LogP contribution in [-0.4, -0.2) is 87.5 Å². The van der Waals surface area contributed by atoms with Gasteiger partial charge >= 0.3 is 0 Å². The lowest BCUT2D eigenvalue weighted by Gasteiger charge is -2.40. The Balaban J connectivity index is 2.07. The molecule has 9 heteroatoms. The number of allylic oxidation sites excluding steroid dienone is 3. The number of carbonyl (C=O) groups excluding carboxylic acids is 1. The fourth-order valence-electron chi connectivity index (χ4n) is 9.41. The Kier molecular flexibility index (Phi) is 45.9. The first kappa shape index (κ1) is 63.7. The van der Waals surface area contributed by atoms with Gasteiger partial charge in [0, 0.05) is 6.42 Å². The predicted octanol–water partition coefficient (Wildman–Crippen LogP) is 14.2. The fourth-order valence-corrected chi connectivity index (χ4v) is 9.41. The molecule has 1 heterocycles. The van der Waals surface area contributed by atoms with Crippen LogP contribution in [0.15, 0.2) is 24.3 Å². The molecule has 9 nitrogen and oxygen atoms in total. The van der Waals surface area contributed by atoms with E-state index < -0.39 is 49.5 Å². The second kappa shape index (κ2) is 48.3. The zero-order valence-electron chi connectivity index (χ0n) is 43.9. The van der Waals surface area contributed by atoms with E-state index in [-0.39, 0.29) is 12.5 Å². The molecule has 7 atom stereocenters. The van der Waals surface area contributed by atoms with E-state index in [0.717, 1.165) is 38.5 Å². The van der Waals surface area contributed by atoms with Crippen molar-refractivity contribution in [1.82, 2.24) is 5.32 Å². The first-order valence-electron chi connectivity index (χ1n) is 29.1. The smallest absolute Gasteiger partial charge is 0.220 e. The predicted molar refractivity (Wildman–Crippen MR) is 281 cm³/mol. The van der Waals surface area contributed by atoms with Crippen molar-refractivity contribution in [3.63, 3.8) is 0 Å². The van der Waals surface area contributed by atoms with Crippen molar-refractivity contribution in [2.75, 3.05) is 13.2 Å². The van der Waals surface area contributed by atoms with Crippen LogP contribution in [0.1, 0.15) is 284 Å². The number of aliphatic hydroxyl groups is 5. The number of hydrogen-bond acceptors (Lipinski definition) is 8. The molecule has 0 radical (unpaired) electrons. The van der Waals surface area contributed by atoms with Crippen LogP contribution in [0.25, 0.3) is 0 Å². The Morgan fingerprint density at radius 3 is 1.25 bits per heavy atom. The number of aliphatic hydroxyl groups excluding tert-OH is 5. The van der Waals surface area contributed by atoms with E-state index in [9.17, 15) is 30.3 Å². The minimum absolute atomic E-state index is 0.183. The summed E-state index contributed by atoms with van der Waals surface area (Å²) in [5.74, 6) is -0.183. The molecule has 1 saturated heterocycles.